The van der Waals surface area contributed by atoms with E-state index in [-0.39, 0.29) is 14.5 Å². The summed E-state index contributed by atoms with van der Waals surface area (Å²) in [4.78, 5) is 12.2. The average Bonchev–Trinajstić information content (AvgIpc) is 2.70. The topological polar surface area (TPSA) is 64.3 Å². The summed E-state index contributed by atoms with van der Waals surface area (Å²) in [7, 11) is 0. The molecular weight excluding hydrogens is 335 g/mol. The molecule has 104 valence electrons. The third kappa shape index (κ3) is 1.53. The van der Waals surface area contributed by atoms with E-state index in [0.717, 1.165) is 5.56 Å². The normalized spacial score (nSPS) is 14.9. The Morgan fingerprint density at radius 1 is 1.05 bits per heavy atom. The summed E-state index contributed by atoms with van der Waals surface area (Å²) in [5, 5.41) is 0.491. The first-order valence-electron chi connectivity index (χ1n) is 6.42. The fourth-order valence-corrected chi connectivity index (χ4v) is 6.70. The third-order valence-electron chi connectivity index (χ3n) is 3.73. The van der Waals surface area contributed by atoms with E-state index in [1.807, 2.05) is 6.92 Å². The maximum atomic E-state index is 12.8. The van der Waals surface area contributed by atoms with Gasteiger partial charge in [0.15, 0.2) is 0 Å². The first-order valence-corrected chi connectivity index (χ1v) is 9.53. The van der Waals surface area contributed by atoms with Gasteiger partial charge in [-0.15, -0.1) is 0 Å². The van der Waals surface area contributed by atoms with Crippen molar-refractivity contribution in [2.75, 3.05) is 0 Å². The quantitative estimate of drug-likeness (QED) is 0.358. The molecule has 5 heteroatoms. The van der Waals surface area contributed by atoms with E-state index in [2.05, 4.69) is 0 Å². The Kier molecular flexibility index (Phi) is 2.33. The Morgan fingerprint density at radius 2 is 1.81 bits per heavy atom. The molecule has 4 rings (SSSR count). The van der Waals surface area contributed by atoms with Crippen LogP contribution in [0.4, 0.5) is 0 Å². The van der Waals surface area contributed by atoms with Gasteiger partial charge in [-0.1, -0.05) is 0 Å². The van der Waals surface area contributed by atoms with E-state index in [4.69, 9.17) is 4.42 Å². The molecule has 0 amide bonds. The number of benzene rings is 2. The Hall–Kier alpha value is -2.23. The van der Waals surface area contributed by atoms with Crippen molar-refractivity contribution >= 4 is 32.6 Å². The fraction of sp³-hybridized carbons (Fsp3) is 0.0625. The summed E-state index contributed by atoms with van der Waals surface area (Å²) < 4.78 is 31.4. The molecule has 0 fully saturated rings. The van der Waals surface area contributed by atoms with Crippen molar-refractivity contribution in [1.82, 2.24) is 0 Å². The third-order valence-corrected chi connectivity index (χ3v) is 7.71. The molecule has 0 aliphatic carbocycles. The van der Waals surface area contributed by atoms with Crippen LogP contribution in [-0.2, 0) is 7.67 Å². The van der Waals surface area contributed by atoms with Crippen LogP contribution in [-0.4, -0.2) is 12.7 Å². The summed E-state index contributed by atoms with van der Waals surface area (Å²) in [5.41, 5.74) is 1.26. The minimum absolute atomic E-state index is 0.141. The van der Waals surface area contributed by atoms with Crippen LogP contribution in [0.25, 0.3) is 22.1 Å². The molecule has 0 atom stereocenters. The second-order valence-electron chi connectivity index (χ2n) is 5.09. The Balaban J connectivity index is 2.33. The number of hydrogen-bond acceptors (Lipinski definition) is 4. The van der Waals surface area contributed by atoms with E-state index >= 15 is 0 Å². The summed E-state index contributed by atoms with van der Waals surface area (Å²) in [5.74, 6) is 0. The first kappa shape index (κ1) is 12.5. The van der Waals surface area contributed by atoms with Crippen molar-refractivity contribution in [2.24, 2.45) is 0 Å². The van der Waals surface area contributed by atoms with Crippen molar-refractivity contribution in [3.8, 4) is 11.1 Å². The predicted molar refractivity (Wildman–Crippen MR) is 79.1 cm³/mol. The van der Waals surface area contributed by atoms with Gasteiger partial charge in [0.25, 0.3) is 0 Å². The Labute approximate surface area is 121 Å². The molecule has 0 bridgehead atoms. The van der Waals surface area contributed by atoms with Crippen LogP contribution < -0.4 is 14.5 Å². The molecule has 1 aromatic heterocycles. The molecule has 0 unspecified atom stereocenters. The standard InChI is InChI=1S/C16H10O4Se/c1-9-6-7-12-11(8-9)15-14(16(17)20-12)10-4-2-3-5-13(10)21(15,18)19/h2-8H,1H3. The second-order valence-corrected chi connectivity index (χ2v) is 8.98. The van der Waals surface area contributed by atoms with Crippen LogP contribution in [0.5, 0.6) is 0 Å². The molecule has 2 heterocycles. The molecule has 0 saturated carbocycles. The molecular formula is C16H10O4Se. The van der Waals surface area contributed by atoms with Crippen LogP contribution in [0.2, 0.25) is 0 Å². The summed E-state index contributed by atoms with van der Waals surface area (Å²) in [6.07, 6.45) is 0. The molecule has 0 N–H and O–H groups in total. The van der Waals surface area contributed by atoms with E-state index in [0.29, 0.717) is 16.5 Å². The minimum atomic E-state index is -4.57. The summed E-state index contributed by atoms with van der Waals surface area (Å²) >= 11 is -4.57. The summed E-state index contributed by atoms with van der Waals surface area (Å²) in [6.45, 7) is 1.87. The SMILES string of the molecule is Cc1ccc2oc(=O)c3c(c2c1)[Se](=O)(=O)c1ccccc1-3. The molecule has 0 spiro atoms. The Bertz CT molecular complexity index is 1080. The van der Waals surface area contributed by atoms with Gasteiger partial charge in [0.05, 0.1) is 0 Å². The molecule has 21 heavy (non-hydrogen) atoms. The van der Waals surface area contributed by atoms with Gasteiger partial charge >= 0.3 is 121 Å². The van der Waals surface area contributed by atoms with Crippen LogP contribution in [0.15, 0.2) is 51.7 Å². The van der Waals surface area contributed by atoms with E-state index in [1.54, 1.807) is 42.5 Å². The second kappa shape index (κ2) is 3.91. The zero-order chi connectivity index (χ0) is 14.8. The van der Waals surface area contributed by atoms with Crippen molar-refractivity contribution in [2.45, 2.75) is 6.92 Å². The van der Waals surface area contributed by atoms with E-state index < -0.39 is 18.3 Å². The van der Waals surface area contributed by atoms with Crippen molar-refractivity contribution in [3.05, 3.63) is 58.4 Å². The number of fused-ring (bicyclic) bond motifs is 5. The van der Waals surface area contributed by atoms with Gasteiger partial charge in [0.2, 0.25) is 0 Å². The molecule has 0 radical (unpaired) electrons. The number of rotatable bonds is 0. The zero-order valence-corrected chi connectivity index (χ0v) is 12.8. The van der Waals surface area contributed by atoms with Crippen LogP contribution in [0.1, 0.15) is 5.56 Å². The monoisotopic (exact) mass is 346 g/mol. The molecule has 0 saturated heterocycles. The zero-order valence-electron chi connectivity index (χ0n) is 11.1. The predicted octanol–water partition coefficient (Wildman–Crippen LogP) is 1.50. The van der Waals surface area contributed by atoms with Gasteiger partial charge in [0.1, 0.15) is 0 Å². The van der Waals surface area contributed by atoms with Crippen molar-refractivity contribution in [1.29, 1.82) is 0 Å². The van der Waals surface area contributed by atoms with Crippen LogP contribution in [0, 0.1) is 6.92 Å². The maximum absolute atomic E-state index is 12.8. The van der Waals surface area contributed by atoms with Gasteiger partial charge in [-0.05, 0) is 0 Å². The molecule has 2 aromatic carbocycles. The molecule has 3 aromatic rings. The van der Waals surface area contributed by atoms with Crippen LogP contribution in [0.3, 0.4) is 0 Å². The van der Waals surface area contributed by atoms with Crippen molar-refractivity contribution in [3.63, 3.8) is 0 Å². The molecule has 1 aliphatic rings. The van der Waals surface area contributed by atoms with Crippen molar-refractivity contribution < 1.29 is 12.1 Å². The van der Waals surface area contributed by atoms with Crippen LogP contribution >= 0.6 is 0 Å². The molecule has 1 aliphatic heterocycles. The van der Waals surface area contributed by atoms with Gasteiger partial charge in [0, 0.05) is 0 Å². The van der Waals surface area contributed by atoms with Gasteiger partial charge in [-0.25, -0.2) is 0 Å². The Morgan fingerprint density at radius 3 is 2.62 bits per heavy atom. The van der Waals surface area contributed by atoms with E-state index in [1.165, 1.54) is 0 Å². The fourth-order valence-electron chi connectivity index (χ4n) is 2.82. The summed E-state index contributed by atoms with van der Waals surface area (Å²) in [6, 6.07) is 11.8. The van der Waals surface area contributed by atoms with Gasteiger partial charge in [-0.3, -0.25) is 0 Å². The number of aryl methyl sites for hydroxylation is 1. The molecule has 4 nitrogen and oxygen atoms in total. The van der Waals surface area contributed by atoms with Gasteiger partial charge < -0.3 is 0 Å². The van der Waals surface area contributed by atoms with E-state index in [9.17, 15) is 12.5 Å². The number of hydrogen-bond donors (Lipinski definition) is 0. The first-order chi connectivity index (χ1) is 10.00. The van der Waals surface area contributed by atoms with Gasteiger partial charge in [-0.2, -0.15) is 0 Å². The average molecular weight is 345 g/mol.